The molecule has 0 saturated carbocycles. The number of unbranched alkanes of at least 4 members (excludes halogenated alkanes) is 11. The van der Waals surface area contributed by atoms with Gasteiger partial charge in [0.15, 0.2) is 12.2 Å². The number of carbonyl (C=O) groups is 4. The zero-order chi connectivity index (χ0) is 77.4. The van der Waals surface area contributed by atoms with E-state index in [0.717, 1.165) is 141 Å². The molecule has 5 atom stereocenters. The molecule has 17 nitrogen and oxygen atoms in total. The van der Waals surface area contributed by atoms with Crippen LogP contribution in [0.1, 0.15) is 259 Å². The topological polar surface area (TPSA) is 237 Å². The molecule has 0 aliphatic rings. The fourth-order valence-electron chi connectivity index (χ4n) is 9.36. The molecule has 0 aliphatic carbocycles. The van der Waals surface area contributed by atoms with Crippen molar-refractivity contribution in [3.63, 3.8) is 0 Å². The number of aliphatic hydroxyl groups is 1. The predicted octanol–water partition coefficient (Wildman–Crippen LogP) is 23.1. The standard InChI is InChI=1S/C87H136O17P2/c1-5-9-13-17-21-25-29-33-37-39-40-42-46-48-52-56-60-64-68-72-85(90)98-78-83(104-87(92)74-70-66-62-58-54-50-44-36-32-28-24-20-16-12-8-4)80-102-106(95,96)100-76-81(88)75-99-105(93,94)101-79-82(103-86(91)73-69-65-61-57-53-49-43-35-31-27-23-19-15-11-7-3)77-97-84(89)71-67-63-59-55-51-47-45-41-38-34-30-26-22-18-14-10-6-2/h9-10,12-14,16,21-28,33-38,40,42-45,47-48,52,54-55,58-60,64,81-83,88H,5-8,11,15,17-20,29-32,39,41,46,49-51,53,56-57,61-63,65-80H2,1-4H3,(H,93,94)(H,95,96)/b13-9-,14-10-,16-12-,25-21-,26-22-,27-23-,28-24-,37-33-,38-34-,42-40-,43-35-,44-36-,47-45-,52-48-,58-54-,59-55-,64-60-. The molecule has 5 unspecified atom stereocenters. The van der Waals surface area contributed by atoms with Gasteiger partial charge in [0.2, 0.25) is 0 Å². The summed E-state index contributed by atoms with van der Waals surface area (Å²) in [5, 5.41) is 10.6. The fourth-order valence-corrected chi connectivity index (χ4v) is 10.9. The highest BCUT2D eigenvalue weighted by Gasteiger charge is 2.30. The normalized spacial score (nSPS) is 15.0. The van der Waals surface area contributed by atoms with Gasteiger partial charge in [-0.3, -0.25) is 37.3 Å². The third-order valence-electron chi connectivity index (χ3n) is 15.2. The molecule has 0 bridgehead atoms. The third kappa shape index (κ3) is 75.9. The monoisotopic (exact) mass is 1510 g/mol. The first-order chi connectivity index (χ1) is 51.7. The Hall–Kier alpha value is -6.36. The molecule has 0 saturated heterocycles. The minimum Gasteiger partial charge on any atom is -0.462 e. The van der Waals surface area contributed by atoms with Crippen LogP contribution in [0.5, 0.6) is 0 Å². The molecule has 0 aromatic carbocycles. The fraction of sp³-hybridized carbons (Fsp3) is 0.563. The van der Waals surface area contributed by atoms with Crippen LogP contribution in [0.3, 0.4) is 0 Å². The van der Waals surface area contributed by atoms with Gasteiger partial charge in [-0.05, 0) is 173 Å². The number of hydrogen-bond donors (Lipinski definition) is 3. The predicted molar refractivity (Wildman–Crippen MR) is 435 cm³/mol. The number of hydrogen-bond acceptors (Lipinski definition) is 15. The summed E-state index contributed by atoms with van der Waals surface area (Å²) in [7, 11) is -10.0. The van der Waals surface area contributed by atoms with Gasteiger partial charge < -0.3 is 33.8 Å². The largest absolute Gasteiger partial charge is 0.472 e. The van der Waals surface area contributed by atoms with E-state index < -0.39 is 97.5 Å². The molecule has 596 valence electrons. The van der Waals surface area contributed by atoms with Crippen molar-refractivity contribution in [1.82, 2.24) is 0 Å². The Bertz CT molecular complexity index is 2830. The average Bonchev–Trinajstić information content (AvgIpc) is 0.909. The zero-order valence-corrected chi connectivity index (χ0v) is 66.8. The summed E-state index contributed by atoms with van der Waals surface area (Å²) in [5.74, 6) is -2.43. The first-order valence-electron chi connectivity index (χ1n) is 39.3. The summed E-state index contributed by atoms with van der Waals surface area (Å²) < 4.78 is 68.4. The van der Waals surface area contributed by atoms with E-state index in [2.05, 4.69) is 198 Å². The minimum atomic E-state index is -5.02. The molecule has 3 N–H and O–H groups in total. The maximum absolute atomic E-state index is 13.1. The maximum atomic E-state index is 13.1. The van der Waals surface area contributed by atoms with Gasteiger partial charge in [-0.2, -0.15) is 0 Å². The van der Waals surface area contributed by atoms with E-state index in [1.54, 1.807) is 0 Å². The van der Waals surface area contributed by atoms with Gasteiger partial charge in [0.25, 0.3) is 0 Å². The van der Waals surface area contributed by atoms with Crippen LogP contribution in [-0.4, -0.2) is 96.7 Å². The van der Waals surface area contributed by atoms with Gasteiger partial charge in [-0.25, -0.2) is 9.13 Å². The van der Waals surface area contributed by atoms with Crippen molar-refractivity contribution in [2.24, 2.45) is 0 Å². The van der Waals surface area contributed by atoms with Crippen molar-refractivity contribution in [2.45, 2.75) is 277 Å². The Morgan fingerprint density at radius 3 is 0.858 bits per heavy atom. The summed E-state index contributed by atoms with van der Waals surface area (Å²) in [6.45, 7) is 4.24. The Labute approximate surface area is 639 Å². The van der Waals surface area contributed by atoms with Gasteiger partial charge in [0, 0.05) is 25.7 Å². The number of phosphoric ester groups is 2. The molecule has 0 fully saturated rings. The van der Waals surface area contributed by atoms with E-state index in [-0.39, 0.29) is 25.7 Å². The summed E-state index contributed by atoms with van der Waals surface area (Å²) in [6.07, 6.45) is 95.5. The summed E-state index contributed by atoms with van der Waals surface area (Å²) in [6, 6.07) is 0. The molecular formula is C87H136O17P2. The lowest BCUT2D eigenvalue weighted by Gasteiger charge is -2.21. The second kappa shape index (κ2) is 76.8. The molecule has 0 spiro atoms. The van der Waals surface area contributed by atoms with Crippen LogP contribution in [0.4, 0.5) is 0 Å². The SMILES string of the molecule is CC/C=C\C/C=C\C/C=C\C/C=C\C/C=C\C/C=C\CCC(=O)OCC(COP(=O)(O)OCC(O)COP(=O)(O)OCC(COC(=O)CCC/C=C\C/C=C\C/C=C\C/C=C\C/C=C\CC)OC(=O)CCCCCCC/C=C\C/C=C\CCCCC)OC(=O)CCCC/C=C\C/C=C\C/C=C\C/C=C\CC. The molecule has 0 aliphatic heterocycles. The number of phosphoric acid groups is 2. The second-order valence-corrected chi connectivity index (χ2v) is 28.1. The highest BCUT2D eigenvalue weighted by molar-refractivity contribution is 7.47. The van der Waals surface area contributed by atoms with Crippen LogP contribution in [0.15, 0.2) is 207 Å². The first kappa shape index (κ1) is 99.6. The molecule has 106 heavy (non-hydrogen) atoms. The van der Waals surface area contributed by atoms with Crippen LogP contribution in [0.2, 0.25) is 0 Å². The minimum absolute atomic E-state index is 0.0161. The Kier molecular flexibility index (Phi) is 72.2. The van der Waals surface area contributed by atoms with E-state index >= 15 is 0 Å². The highest BCUT2D eigenvalue weighted by atomic mass is 31.2. The summed E-state index contributed by atoms with van der Waals surface area (Å²) in [5.41, 5.74) is 0. The lowest BCUT2D eigenvalue weighted by molar-refractivity contribution is -0.161. The quantitative estimate of drug-likeness (QED) is 0.0169. The van der Waals surface area contributed by atoms with Crippen molar-refractivity contribution >= 4 is 39.5 Å². The molecule has 0 aromatic heterocycles. The highest BCUT2D eigenvalue weighted by Crippen LogP contribution is 2.45. The molecule has 19 heteroatoms. The van der Waals surface area contributed by atoms with Crippen molar-refractivity contribution < 1.29 is 80.2 Å². The van der Waals surface area contributed by atoms with E-state index in [1.807, 2.05) is 36.5 Å². The van der Waals surface area contributed by atoms with Crippen molar-refractivity contribution in [1.29, 1.82) is 0 Å². The number of allylic oxidation sites excluding steroid dienone is 34. The van der Waals surface area contributed by atoms with E-state index in [1.165, 1.54) is 19.3 Å². The molecule has 0 radical (unpaired) electrons. The van der Waals surface area contributed by atoms with Gasteiger partial charge in [-0.1, -0.05) is 266 Å². The van der Waals surface area contributed by atoms with Gasteiger partial charge in [0.05, 0.1) is 26.4 Å². The van der Waals surface area contributed by atoms with E-state index in [0.29, 0.717) is 44.9 Å². The number of ether oxygens (including phenoxy) is 4. The van der Waals surface area contributed by atoms with Gasteiger partial charge in [0.1, 0.15) is 19.3 Å². The van der Waals surface area contributed by atoms with E-state index in [4.69, 9.17) is 37.0 Å². The van der Waals surface area contributed by atoms with E-state index in [9.17, 15) is 43.2 Å². The average molecular weight is 1520 g/mol. The van der Waals surface area contributed by atoms with Crippen molar-refractivity contribution in [2.75, 3.05) is 39.6 Å². The number of aliphatic hydroxyl groups excluding tert-OH is 1. The van der Waals surface area contributed by atoms with Crippen molar-refractivity contribution in [3.05, 3.63) is 207 Å². The maximum Gasteiger partial charge on any atom is 0.472 e. The van der Waals surface area contributed by atoms with Crippen LogP contribution in [0.25, 0.3) is 0 Å². The number of carbonyl (C=O) groups excluding carboxylic acids is 4. The smallest absolute Gasteiger partial charge is 0.462 e. The Morgan fingerprint density at radius 1 is 0.274 bits per heavy atom. The summed E-state index contributed by atoms with van der Waals surface area (Å²) >= 11 is 0. The van der Waals surface area contributed by atoms with Crippen LogP contribution >= 0.6 is 15.6 Å². The lowest BCUT2D eigenvalue weighted by atomic mass is 10.1. The molecule has 0 aromatic rings. The lowest BCUT2D eigenvalue weighted by Crippen LogP contribution is -2.30. The van der Waals surface area contributed by atoms with Crippen LogP contribution in [-0.2, 0) is 65.4 Å². The zero-order valence-electron chi connectivity index (χ0n) is 65.0. The van der Waals surface area contributed by atoms with Gasteiger partial charge >= 0.3 is 39.5 Å². The molecule has 0 rings (SSSR count). The molecule has 0 amide bonds. The van der Waals surface area contributed by atoms with Crippen molar-refractivity contribution in [3.8, 4) is 0 Å². The Morgan fingerprint density at radius 2 is 0.519 bits per heavy atom. The van der Waals surface area contributed by atoms with Crippen LogP contribution in [0, 0.1) is 0 Å². The summed E-state index contributed by atoms with van der Waals surface area (Å²) in [4.78, 5) is 73.0. The van der Waals surface area contributed by atoms with Crippen LogP contribution < -0.4 is 0 Å². The number of esters is 4. The first-order valence-corrected chi connectivity index (χ1v) is 42.3. The second-order valence-electron chi connectivity index (χ2n) is 25.1. The van der Waals surface area contributed by atoms with Gasteiger partial charge in [-0.15, -0.1) is 0 Å². The number of rotatable bonds is 71. The Balaban J connectivity index is 5.55. The molecule has 0 heterocycles. The molecular weight excluding hydrogens is 1380 g/mol. The third-order valence-corrected chi connectivity index (χ3v) is 17.1.